The van der Waals surface area contributed by atoms with Crippen LogP contribution in [0.25, 0.3) is 0 Å². The number of carbonyl (C=O) groups excluding carboxylic acids is 1. The van der Waals surface area contributed by atoms with Gasteiger partial charge in [-0.1, -0.05) is 12.2 Å². The van der Waals surface area contributed by atoms with Crippen LogP contribution in [0.1, 0.15) is 19.8 Å². The predicted molar refractivity (Wildman–Crippen MR) is 77.7 cm³/mol. The molecular formula is C14H23NO4S. The molecule has 0 heterocycles. The van der Waals surface area contributed by atoms with Gasteiger partial charge in [-0.2, -0.15) is 0 Å². The highest BCUT2D eigenvalue weighted by atomic mass is 32.2. The minimum Gasteiger partial charge on any atom is -0.368 e. The molecule has 0 aromatic carbocycles. The van der Waals surface area contributed by atoms with E-state index in [2.05, 4.69) is 5.32 Å². The van der Waals surface area contributed by atoms with Crippen LogP contribution < -0.4 is 5.32 Å². The fraction of sp³-hybridized carbons (Fsp3) is 0.786. The van der Waals surface area contributed by atoms with Crippen molar-refractivity contribution in [2.45, 2.75) is 26.1 Å². The first-order chi connectivity index (χ1) is 9.65. The van der Waals surface area contributed by atoms with Gasteiger partial charge in [-0.05, 0) is 43.6 Å². The van der Waals surface area contributed by atoms with Crippen LogP contribution >= 0.6 is 12.0 Å². The zero-order valence-electron chi connectivity index (χ0n) is 11.7. The van der Waals surface area contributed by atoms with Crippen molar-refractivity contribution in [2.24, 2.45) is 23.7 Å². The van der Waals surface area contributed by atoms with Crippen LogP contribution in [-0.2, 0) is 8.98 Å². The van der Waals surface area contributed by atoms with Gasteiger partial charge in [-0.15, -0.1) is 0 Å². The first kappa shape index (κ1) is 15.8. The van der Waals surface area contributed by atoms with Crippen LogP contribution in [0, 0.1) is 23.7 Å². The van der Waals surface area contributed by atoms with E-state index in [1.807, 2.05) is 19.1 Å². The van der Waals surface area contributed by atoms with Crippen molar-refractivity contribution >= 4 is 17.9 Å². The lowest BCUT2D eigenvalue weighted by Gasteiger charge is -2.28. The van der Waals surface area contributed by atoms with Crippen molar-refractivity contribution < 1.29 is 19.2 Å². The Balaban J connectivity index is 1.76. The number of aliphatic hydroxyl groups excluding tert-OH is 1. The summed E-state index contributed by atoms with van der Waals surface area (Å²) < 4.78 is 5.16. The lowest BCUT2D eigenvalue weighted by atomic mass is 9.82. The Labute approximate surface area is 124 Å². The zero-order chi connectivity index (χ0) is 14.5. The fourth-order valence-electron chi connectivity index (χ4n) is 3.24. The third-order valence-corrected chi connectivity index (χ3v) is 4.93. The van der Waals surface area contributed by atoms with E-state index in [1.165, 1.54) is 12.0 Å². The van der Waals surface area contributed by atoms with Crippen LogP contribution in [0.2, 0.25) is 0 Å². The molecule has 0 aliphatic heterocycles. The maximum absolute atomic E-state index is 12.2. The normalized spacial score (nSPS) is 31.2. The minimum absolute atomic E-state index is 0.0543. The first-order valence-corrected chi connectivity index (χ1v) is 8.12. The number of allylic oxidation sites excluding steroid dienone is 2. The molecule has 0 saturated heterocycles. The van der Waals surface area contributed by atoms with Crippen molar-refractivity contribution in [1.29, 1.82) is 0 Å². The minimum atomic E-state index is -1.42. The average molecular weight is 301 g/mol. The second-order valence-corrected chi connectivity index (χ2v) is 6.22. The van der Waals surface area contributed by atoms with Gasteiger partial charge in [0.2, 0.25) is 5.91 Å². The molecule has 6 heteroatoms. The third-order valence-electron chi connectivity index (χ3n) is 4.07. The monoisotopic (exact) mass is 301 g/mol. The molecule has 2 aliphatic carbocycles. The van der Waals surface area contributed by atoms with Gasteiger partial charge < -0.3 is 19.7 Å². The van der Waals surface area contributed by atoms with Crippen molar-refractivity contribution in [2.75, 3.05) is 18.9 Å². The highest BCUT2D eigenvalue weighted by Gasteiger charge is 2.50. The molecule has 0 aromatic heterocycles. The summed E-state index contributed by atoms with van der Waals surface area (Å²) in [6, 6.07) is 0. The molecule has 1 fully saturated rings. The Hall–Kier alpha value is -0.560. The average Bonchev–Trinajstić information content (AvgIpc) is 3.02. The molecule has 0 aromatic rings. The first-order valence-electron chi connectivity index (χ1n) is 7.21. The van der Waals surface area contributed by atoms with Gasteiger partial charge in [0.1, 0.15) is 0 Å². The van der Waals surface area contributed by atoms with E-state index >= 15 is 0 Å². The van der Waals surface area contributed by atoms with Gasteiger partial charge >= 0.3 is 0 Å². The summed E-state index contributed by atoms with van der Waals surface area (Å²) in [7, 11) is 0. The molecule has 2 unspecified atom stereocenters. The number of carbonyl (C=O) groups is 1. The number of hydrogen-bond donors (Lipinski definition) is 3. The quantitative estimate of drug-likeness (QED) is 0.269. The van der Waals surface area contributed by atoms with Crippen LogP contribution in [0.5, 0.6) is 0 Å². The molecule has 20 heavy (non-hydrogen) atoms. The third kappa shape index (κ3) is 3.55. The van der Waals surface area contributed by atoms with Crippen LogP contribution in [0.4, 0.5) is 0 Å². The SMILES string of the molecule is CCOSCCCNC(=O)C1C(C(O)O)[C@@H]2C=C[C@H]1C2. The van der Waals surface area contributed by atoms with E-state index in [0.717, 1.165) is 18.6 Å². The number of rotatable bonds is 8. The summed E-state index contributed by atoms with van der Waals surface area (Å²) in [5, 5.41) is 21.9. The molecule has 1 amide bonds. The van der Waals surface area contributed by atoms with Gasteiger partial charge in [-0.25, -0.2) is 0 Å². The van der Waals surface area contributed by atoms with Crippen LogP contribution in [0.15, 0.2) is 12.2 Å². The van der Waals surface area contributed by atoms with E-state index in [4.69, 9.17) is 4.18 Å². The lowest BCUT2D eigenvalue weighted by molar-refractivity contribution is -0.139. The highest BCUT2D eigenvalue weighted by Crippen LogP contribution is 2.49. The molecule has 2 aliphatic rings. The van der Waals surface area contributed by atoms with E-state index in [0.29, 0.717) is 13.2 Å². The Morgan fingerprint density at radius 3 is 2.90 bits per heavy atom. The second-order valence-electron chi connectivity index (χ2n) is 5.34. The largest absolute Gasteiger partial charge is 0.368 e. The maximum Gasteiger partial charge on any atom is 0.224 e. The van der Waals surface area contributed by atoms with Gasteiger partial charge in [0.25, 0.3) is 0 Å². The van der Waals surface area contributed by atoms with Gasteiger partial charge in [0, 0.05) is 18.2 Å². The number of nitrogens with one attached hydrogen (secondary N) is 1. The highest BCUT2D eigenvalue weighted by molar-refractivity contribution is 7.94. The lowest BCUT2D eigenvalue weighted by Crippen LogP contribution is -2.42. The van der Waals surface area contributed by atoms with Crippen molar-refractivity contribution in [3.63, 3.8) is 0 Å². The van der Waals surface area contributed by atoms with Gasteiger partial charge in [0.15, 0.2) is 6.29 Å². The maximum atomic E-state index is 12.2. The fourth-order valence-corrected chi connectivity index (χ4v) is 3.79. The Morgan fingerprint density at radius 1 is 1.45 bits per heavy atom. The van der Waals surface area contributed by atoms with Gasteiger partial charge in [-0.3, -0.25) is 4.79 Å². The topological polar surface area (TPSA) is 78.8 Å². The zero-order valence-corrected chi connectivity index (χ0v) is 12.5. The Kier molecular flexibility index (Phi) is 5.89. The molecular weight excluding hydrogens is 278 g/mol. The summed E-state index contributed by atoms with van der Waals surface area (Å²) >= 11 is 1.41. The smallest absolute Gasteiger partial charge is 0.224 e. The molecule has 114 valence electrons. The molecule has 0 radical (unpaired) electrons. The number of aliphatic hydroxyl groups is 2. The van der Waals surface area contributed by atoms with Crippen molar-refractivity contribution in [3.8, 4) is 0 Å². The molecule has 2 bridgehead atoms. The summed E-state index contributed by atoms with van der Waals surface area (Å²) in [6.07, 6.45) is 4.34. The number of fused-ring (bicyclic) bond motifs is 2. The van der Waals surface area contributed by atoms with Crippen LogP contribution in [-0.4, -0.2) is 41.3 Å². The van der Waals surface area contributed by atoms with Crippen LogP contribution in [0.3, 0.4) is 0 Å². The predicted octanol–water partition coefficient (Wildman–Crippen LogP) is 0.926. The Bertz CT molecular complexity index is 361. The standard InChI is InChI=1S/C14H23NO4S/c1-2-19-20-7-3-6-15-13(16)11-9-4-5-10(8-9)12(11)14(17)18/h4-5,9-12,14,17-18H,2-3,6-8H2,1H3,(H,15,16)/t9-,10+,11?,12?/m0/s1. The van der Waals surface area contributed by atoms with E-state index in [-0.39, 0.29) is 29.6 Å². The summed E-state index contributed by atoms with van der Waals surface area (Å²) in [6.45, 7) is 3.23. The second kappa shape index (κ2) is 7.45. The van der Waals surface area contributed by atoms with E-state index in [9.17, 15) is 15.0 Å². The van der Waals surface area contributed by atoms with Crippen molar-refractivity contribution in [1.82, 2.24) is 5.32 Å². The molecule has 3 N–H and O–H groups in total. The summed E-state index contributed by atoms with van der Waals surface area (Å²) in [4.78, 5) is 12.2. The molecule has 2 rings (SSSR count). The molecule has 0 spiro atoms. The van der Waals surface area contributed by atoms with E-state index in [1.54, 1.807) is 0 Å². The summed E-state index contributed by atoms with van der Waals surface area (Å²) in [5.74, 6) is 0.416. The van der Waals surface area contributed by atoms with Crippen molar-refractivity contribution in [3.05, 3.63) is 12.2 Å². The summed E-state index contributed by atoms with van der Waals surface area (Å²) in [5.41, 5.74) is 0. The Morgan fingerprint density at radius 2 is 2.20 bits per heavy atom. The van der Waals surface area contributed by atoms with Gasteiger partial charge in [0.05, 0.1) is 12.5 Å². The van der Waals surface area contributed by atoms with E-state index < -0.39 is 6.29 Å². The number of hydrogen-bond acceptors (Lipinski definition) is 5. The number of amides is 1. The molecule has 1 saturated carbocycles. The molecule has 5 nitrogen and oxygen atoms in total. The molecule has 4 atom stereocenters.